The molecule has 2 nitrogen and oxygen atoms in total. The van der Waals surface area contributed by atoms with Crippen molar-refractivity contribution in [2.24, 2.45) is 0 Å². The summed E-state index contributed by atoms with van der Waals surface area (Å²) in [5.41, 5.74) is 3.62. The number of carbonyl (C=O) groups excluding carboxylic acids is 1. The zero-order valence-corrected chi connectivity index (χ0v) is 13.8. The Hall–Kier alpha value is -1.51. The van der Waals surface area contributed by atoms with Crippen molar-refractivity contribution < 1.29 is 4.79 Å². The molecule has 1 aliphatic carbocycles. The van der Waals surface area contributed by atoms with Gasteiger partial charge in [0.2, 0.25) is 5.91 Å². The summed E-state index contributed by atoms with van der Waals surface area (Å²) in [7, 11) is 0. The van der Waals surface area contributed by atoms with Gasteiger partial charge in [-0.3, -0.25) is 4.79 Å². The smallest absolute Gasteiger partial charge is 0.217 e. The zero-order valence-electron chi connectivity index (χ0n) is 12.3. The van der Waals surface area contributed by atoms with Crippen LogP contribution in [-0.2, 0) is 4.79 Å². The van der Waals surface area contributed by atoms with Crippen LogP contribution in [0, 0.1) is 0 Å². The monoisotopic (exact) mass is 333 g/mol. The summed E-state index contributed by atoms with van der Waals surface area (Å²) in [6, 6.07) is 14.2. The molecular formula is C18H17Cl2NO. The molecule has 0 heterocycles. The van der Waals surface area contributed by atoms with Crippen LogP contribution >= 0.6 is 23.2 Å². The van der Waals surface area contributed by atoms with Gasteiger partial charge in [-0.1, -0.05) is 53.5 Å². The Morgan fingerprint density at radius 3 is 2.45 bits per heavy atom. The molecule has 0 bridgehead atoms. The Labute approximate surface area is 140 Å². The minimum atomic E-state index is 0.00721. The van der Waals surface area contributed by atoms with Gasteiger partial charge in [-0.2, -0.15) is 0 Å². The van der Waals surface area contributed by atoms with E-state index >= 15 is 0 Å². The van der Waals surface area contributed by atoms with Crippen LogP contribution in [0.2, 0.25) is 10.0 Å². The van der Waals surface area contributed by atoms with Gasteiger partial charge in [-0.05, 0) is 41.7 Å². The lowest BCUT2D eigenvalue weighted by atomic mass is 9.77. The lowest BCUT2D eigenvalue weighted by Gasteiger charge is -2.32. The summed E-state index contributed by atoms with van der Waals surface area (Å²) < 4.78 is 0. The number of nitrogens with one attached hydrogen (secondary N) is 1. The molecular weight excluding hydrogens is 317 g/mol. The molecule has 0 fully saturated rings. The van der Waals surface area contributed by atoms with E-state index in [1.807, 2.05) is 30.3 Å². The second kappa shape index (κ2) is 6.31. The Kier molecular flexibility index (Phi) is 4.42. The Bertz CT molecular complexity index is 714. The van der Waals surface area contributed by atoms with E-state index in [0.717, 1.165) is 12.8 Å². The van der Waals surface area contributed by atoms with Gasteiger partial charge in [0.1, 0.15) is 0 Å². The summed E-state index contributed by atoms with van der Waals surface area (Å²) in [5.74, 6) is 0.295. The van der Waals surface area contributed by atoms with Gasteiger partial charge in [0.25, 0.3) is 0 Å². The summed E-state index contributed by atoms with van der Waals surface area (Å²) >= 11 is 12.2. The fourth-order valence-electron chi connectivity index (χ4n) is 3.26. The number of halogens is 2. The van der Waals surface area contributed by atoms with Crippen LogP contribution in [0.3, 0.4) is 0 Å². The van der Waals surface area contributed by atoms with E-state index in [0.29, 0.717) is 10.0 Å². The molecule has 1 N–H and O–H groups in total. The molecule has 3 rings (SSSR count). The van der Waals surface area contributed by atoms with Crippen molar-refractivity contribution >= 4 is 29.1 Å². The summed E-state index contributed by atoms with van der Waals surface area (Å²) in [6.45, 7) is 1.56. The van der Waals surface area contributed by atoms with Crippen LogP contribution in [-0.4, -0.2) is 5.91 Å². The van der Waals surface area contributed by atoms with E-state index in [-0.39, 0.29) is 17.9 Å². The maximum atomic E-state index is 11.4. The molecule has 0 aliphatic heterocycles. The summed E-state index contributed by atoms with van der Waals surface area (Å²) in [4.78, 5) is 11.4. The van der Waals surface area contributed by atoms with Gasteiger partial charge in [-0.15, -0.1) is 0 Å². The van der Waals surface area contributed by atoms with Crippen molar-refractivity contribution in [3.63, 3.8) is 0 Å². The first kappa shape index (κ1) is 15.4. The van der Waals surface area contributed by atoms with Gasteiger partial charge in [0, 0.05) is 12.8 Å². The topological polar surface area (TPSA) is 29.1 Å². The summed E-state index contributed by atoms with van der Waals surface area (Å²) in [6.07, 6.45) is 1.89. The molecule has 0 saturated heterocycles. The molecule has 0 aromatic heterocycles. The first-order valence-corrected chi connectivity index (χ1v) is 8.12. The number of amides is 1. The third-order valence-corrected chi connectivity index (χ3v) is 4.95. The highest BCUT2D eigenvalue weighted by atomic mass is 35.5. The maximum absolute atomic E-state index is 11.4. The van der Waals surface area contributed by atoms with Gasteiger partial charge >= 0.3 is 0 Å². The van der Waals surface area contributed by atoms with Gasteiger partial charge < -0.3 is 5.32 Å². The van der Waals surface area contributed by atoms with E-state index in [4.69, 9.17) is 23.2 Å². The molecule has 0 spiro atoms. The van der Waals surface area contributed by atoms with Crippen LogP contribution in [0.4, 0.5) is 0 Å². The molecule has 1 amide bonds. The normalized spacial score (nSPS) is 20.3. The van der Waals surface area contributed by atoms with Crippen LogP contribution in [0.15, 0.2) is 42.5 Å². The van der Waals surface area contributed by atoms with Crippen molar-refractivity contribution in [3.8, 4) is 0 Å². The Morgan fingerprint density at radius 2 is 1.77 bits per heavy atom. The van der Waals surface area contributed by atoms with Crippen LogP contribution in [0.25, 0.3) is 0 Å². The molecule has 2 atom stereocenters. The van der Waals surface area contributed by atoms with Crippen LogP contribution in [0.1, 0.15) is 48.4 Å². The average molecular weight is 334 g/mol. The molecule has 0 radical (unpaired) electrons. The van der Waals surface area contributed by atoms with Crippen molar-refractivity contribution in [1.29, 1.82) is 0 Å². The van der Waals surface area contributed by atoms with Crippen LogP contribution in [0.5, 0.6) is 0 Å². The SMILES string of the molecule is CC(=O)NC1CCC(c2ccc(Cl)c(Cl)c2)c2ccccc21. The van der Waals surface area contributed by atoms with E-state index < -0.39 is 0 Å². The highest BCUT2D eigenvalue weighted by Gasteiger charge is 2.28. The maximum Gasteiger partial charge on any atom is 0.217 e. The molecule has 4 heteroatoms. The number of rotatable bonds is 2. The number of hydrogen-bond acceptors (Lipinski definition) is 1. The van der Waals surface area contributed by atoms with E-state index in [2.05, 4.69) is 17.4 Å². The minimum Gasteiger partial charge on any atom is -0.350 e. The first-order valence-electron chi connectivity index (χ1n) is 7.37. The lowest BCUT2D eigenvalue weighted by Crippen LogP contribution is -2.30. The molecule has 2 aromatic rings. The minimum absolute atomic E-state index is 0.00721. The molecule has 1 aliphatic rings. The number of hydrogen-bond donors (Lipinski definition) is 1. The predicted octanol–water partition coefficient (Wildman–Crippen LogP) is 5.10. The Morgan fingerprint density at radius 1 is 1.05 bits per heavy atom. The molecule has 2 aromatic carbocycles. The zero-order chi connectivity index (χ0) is 15.7. The van der Waals surface area contributed by atoms with Crippen LogP contribution < -0.4 is 5.32 Å². The lowest BCUT2D eigenvalue weighted by molar-refractivity contribution is -0.119. The van der Waals surface area contributed by atoms with E-state index in [9.17, 15) is 4.79 Å². The standard InChI is InChI=1S/C18H17Cl2NO/c1-11(22)21-18-9-7-13(14-4-2-3-5-15(14)18)12-6-8-16(19)17(20)10-12/h2-6,8,10,13,18H,7,9H2,1H3,(H,21,22). The number of benzene rings is 2. The predicted molar refractivity (Wildman–Crippen MR) is 90.5 cm³/mol. The second-order valence-corrected chi connectivity index (χ2v) is 6.50. The quantitative estimate of drug-likeness (QED) is 0.814. The molecule has 22 heavy (non-hydrogen) atoms. The second-order valence-electron chi connectivity index (χ2n) is 5.69. The first-order chi connectivity index (χ1) is 10.6. The molecule has 0 saturated carbocycles. The van der Waals surface area contributed by atoms with Gasteiger partial charge in [0.05, 0.1) is 16.1 Å². The van der Waals surface area contributed by atoms with Crippen molar-refractivity contribution in [3.05, 3.63) is 69.2 Å². The third-order valence-electron chi connectivity index (χ3n) is 4.21. The molecule has 114 valence electrons. The average Bonchev–Trinajstić information content (AvgIpc) is 2.50. The number of fused-ring (bicyclic) bond motifs is 1. The number of carbonyl (C=O) groups is 1. The highest BCUT2D eigenvalue weighted by molar-refractivity contribution is 6.42. The van der Waals surface area contributed by atoms with Crippen molar-refractivity contribution in [1.82, 2.24) is 5.32 Å². The largest absolute Gasteiger partial charge is 0.350 e. The third kappa shape index (κ3) is 2.99. The Balaban J connectivity index is 2.00. The fourth-order valence-corrected chi connectivity index (χ4v) is 3.57. The fraction of sp³-hybridized carbons (Fsp3) is 0.278. The van der Waals surface area contributed by atoms with E-state index in [1.54, 1.807) is 6.92 Å². The highest BCUT2D eigenvalue weighted by Crippen LogP contribution is 2.42. The molecule has 2 unspecified atom stereocenters. The van der Waals surface area contributed by atoms with E-state index in [1.165, 1.54) is 16.7 Å². The van der Waals surface area contributed by atoms with Gasteiger partial charge in [0.15, 0.2) is 0 Å². The van der Waals surface area contributed by atoms with Crippen molar-refractivity contribution in [2.45, 2.75) is 31.7 Å². The van der Waals surface area contributed by atoms with Crippen molar-refractivity contribution in [2.75, 3.05) is 0 Å². The summed E-state index contributed by atoms with van der Waals surface area (Å²) in [5, 5.41) is 4.20. The van der Waals surface area contributed by atoms with Gasteiger partial charge in [-0.25, -0.2) is 0 Å².